The number of rotatable bonds is 8. The van der Waals surface area contributed by atoms with E-state index in [0.29, 0.717) is 23.1 Å². The van der Waals surface area contributed by atoms with Crippen molar-refractivity contribution >= 4 is 29.4 Å². The summed E-state index contributed by atoms with van der Waals surface area (Å²) < 4.78 is 16.1. The second-order valence-corrected chi connectivity index (χ2v) is 6.78. The molecule has 0 radical (unpaired) electrons. The van der Waals surface area contributed by atoms with Crippen LogP contribution in [0.5, 0.6) is 11.5 Å². The van der Waals surface area contributed by atoms with Crippen molar-refractivity contribution in [2.75, 3.05) is 26.9 Å². The number of amides is 1. The summed E-state index contributed by atoms with van der Waals surface area (Å²) in [5.41, 5.74) is 1.64. The van der Waals surface area contributed by atoms with Crippen LogP contribution in [0.2, 0.25) is 5.02 Å². The number of halogens is 1. The molecule has 7 heteroatoms. The van der Waals surface area contributed by atoms with Gasteiger partial charge in [0.1, 0.15) is 11.5 Å². The van der Waals surface area contributed by atoms with E-state index in [1.807, 2.05) is 18.2 Å². The number of carbonyl (C=O) groups is 1. The zero-order valence-corrected chi connectivity index (χ0v) is 16.4. The summed E-state index contributed by atoms with van der Waals surface area (Å²) in [6.07, 6.45) is 3.91. The number of hydrogen-bond donors (Lipinski definition) is 1. The number of methoxy groups -OCH3 is 1. The molecule has 28 heavy (non-hydrogen) atoms. The minimum absolute atomic E-state index is 0.0233. The molecule has 0 aliphatic carbocycles. The Morgan fingerprint density at radius 2 is 2.14 bits per heavy atom. The van der Waals surface area contributed by atoms with Crippen molar-refractivity contribution < 1.29 is 19.0 Å². The summed E-state index contributed by atoms with van der Waals surface area (Å²) in [4.78, 5) is 16.2. The molecule has 1 saturated heterocycles. The quantitative estimate of drug-likeness (QED) is 0.682. The van der Waals surface area contributed by atoms with Crippen LogP contribution in [-0.4, -0.2) is 45.1 Å². The minimum Gasteiger partial charge on any atom is -0.495 e. The Bertz CT molecular complexity index is 818. The summed E-state index contributed by atoms with van der Waals surface area (Å²) in [7, 11) is 1.57. The van der Waals surface area contributed by atoms with Crippen molar-refractivity contribution in [2.45, 2.75) is 18.9 Å². The van der Waals surface area contributed by atoms with Crippen molar-refractivity contribution in [1.82, 2.24) is 5.32 Å². The maximum absolute atomic E-state index is 11.8. The standard InChI is InChI=1S/C21H23ClN2O4/c1-26-20-9-6-16(11-19(20)22)23-12-15-4-7-17(8-5-15)28-14-21(25)24-13-18-3-2-10-27-18/h4-9,11-12,18H,2-3,10,13-14H2,1H3,(H,24,25)/t18-/m0/s1. The fraction of sp³-hybridized carbons (Fsp3) is 0.333. The summed E-state index contributed by atoms with van der Waals surface area (Å²) in [5.74, 6) is 1.08. The third-order valence-corrected chi connectivity index (χ3v) is 4.59. The molecule has 6 nitrogen and oxygen atoms in total. The average Bonchev–Trinajstić information content (AvgIpc) is 3.24. The molecule has 0 bridgehead atoms. The molecule has 1 aliphatic rings. The van der Waals surface area contributed by atoms with Gasteiger partial charge in [0, 0.05) is 19.4 Å². The van der Waals surface area contributed by atoms with Gasteiger partial charge in [0.25, 0.3) is 5.91 Å². The lowest BCUT2D eigenvalue weighted by atomic mass is 10.2. The maximum atomic E-state index is 11.8. The van der Waals surface area contributed by atoms with Gasteiger partial charge < -0.3 is 19.5 Å². The Morgan fingerprint density at radius 1 is 1.32 bits per heavy atom. The van der Waals surface area contributed by atoms with Crippen molar-refractivity contribution in [1.29, 1.82) is 0 Å². The number of carbonyl (C=O) groups excluding carboxylic acids is 1. The number of nitrogens with zero attached hydrogens (tertiary/aromatic N) is 1. The smallest absolute Gasteiger partial charge is 0.258 e. The molecule has 3 rings (SSSR count). The zero-order valence-electron chi connectivity index (χ0n) is 15.7. The van der Waals surface area contributed by atoms with Crippen molar-refractivity contribution in [2.24, 2.45) is 4.99 Å². The van der Waals surface area contributed by atoms with Gasteiger partial charge in [-0.1, -0.05) is 11.6 Å². The molecular weight excluding hydrogens is 380 g/mol. The first-order chi connectivity index (χ1) is 13.6. The normalized spacial score (nSPS) is 16.3. The van der Waals surface area contributed by atoms with Crippen molar-refractivity contribution in [3.8, 4) is 11.5 Å². The molecule has 0 aromatic heterocycles. The summed E-state index contributed by atoms with van der Waals surface area (Å²) >= 11 is 6.10. The fourth-order valence-corrected chi connectivity index (χ4v) is 3.02. The number of hydrogen-bond acceptors (Lipinski definition) is 5. The highest BCUT2D eigenvalue weighted by Gasteiger charge is 2.16. The van der Waals surface area contributed by atoms with Crippen LogP contribution in [0.3, 0.4) is 0 Å². The molecule has 1 N–H and O–H groups in total. The number of nitrogens with one attached hydrogen (secondary N) is 1. The largest absolute Gasteiger partial charge is 0.495 e. The van der Waals surface area contributed by atoms with Crippen molar-refractivity contribution in [3.05, 3.63) is 53.1 Å². The number of benzene rings is 2. The van der Waals surface area contributed by atoms with E-state index in [2.05, 4.69) is 10.3 Å². The zero-order chi connectivity index (χ0) is 19.8. The first kappa shape index (κ1) is 20.2. The maximum Gasteiger partial charge on any atom is 0.258 e. The van der Waals surface area contributed by atoms with E-state index in [1.165, 1.54) is 0 Å². The van der Waals surface area contributed by atoms with Gasteiger partial charge in [-0.25, -0.2) is 0 Å². The van der Waals surface area contributed by atoms with E-state index in [4.69, 9.17) is 25.8 Å². The summed E-state index contributed by atoms with van der Waals surface area (Å²) in [5, 5.41) is 3.34. The van der Waals surface area contributed by atoms with Crippen LogP contribution >= 0.6 is 11.6 Å². The Morgan fingerprint density at radius 3 is 2.82 bits per heavy atom. The van der Waals surface area contributed by atoms with Crippen LogP contribution in [-0.2, 0) is 9.53 Å². The predicted molar refractivity (Wildman–Crippen MR) is 109 cm³/mol. The highest BCUT2D eigenvalue weighted by Crippen LogP contribution is 2.28. The van der Waals surface area contributed by atoms with Gasteiger partial charge in [-0.05, 0) is 60.9 Å². The van der Waals surface area contributed by atoms with Gasteiger partial charge in [0.05, 0.1) is 23.9 Å². The van der Waals surface area contributed by atoms with E-state index in [0.717, 1.165) is 30.7 Å². The Balaban J connectivity index is 1.46. The lowest BCUT2D eigenvalue weighted by Gasteiger charge is -2.11. The first-order valence-corrected chi connectivity index (χ1v) is 9.50. The SMILES string of the molecule is COc1ccc(N=Cc2ccc(OCC(=O)NC[C@@H]3CCCO3)cc2)cc1Cl. The van der Waals surface area contributed by atoms with Gasteiger partial charge in [-0.2, -0.15) is 0 Å². The Hall–Kier alpha value is -2.57. The molecular formula is C21H23ClN2O4. The van der Waals surface area contributed by atoms with Gasteiger partial charge in [-0.15, -0.1) is 0 Å². The highest BCUT2D eigenvalue weighted by molar-refractivity contribution is 6.32. The van der Waals surface area contributed by atoms with Gasteiger partial charge in [0.15, 0.2) is 6.61 Å². The van der Waals surface area contributed by atoms with Crippen LogP contribution in [0.15, 0.2) is 47.5 Å². The van der Waals surface area contributed by atoms with Crippen LogP contribution in [0, 0.1) is 0 Å². The van der Waals surface area contributed by atoms with E-state index in [9.17, 15) is 4.79 Å². The molecule has 0 saturated carbocycles. The molecule has 1 fully saturated rings. The molecule has 2 aromatic carbocycles. The van der Waals surface area contributed by atoms with Crippen LogP contribution in [0.25, 0.3) is 0 Å². The Kier molecular flexibility index (Phi) is 7.28. The first-order valence-electron chi connectivity index (χ1n) is 9.13. The second kappa shape index (κ2) is 10.1. The van der Waals surface area contributed by atoms with E-state index in [-0.39, 0.29) is 18.6 Å². The molecule has 148 valence electrons. The minimum atomic E-state index is -0.155. The summed E-state index contributed by atoms with van der Waals surface area (Å²) in [6, 6.07) is 12.7. The lowest BCUT2D eigenvalue weighted by Crippen LogP contribution is -2.35. The van der Waals surface area contributed by atoms with Gasteiger partial charge in [0.2, 0.25) is 0 Å². The highest BCUT2D eigenvalue weighted by atomic mass is 35.5. The molecule has 1 aliphatic heterocycles. The summed E-state index contributed by atoms with van der Waals surface area (Å²) in [6.45, 7) is 1.29. The van der Waals surface area contributed by atoms with Crippen LogP contribution in [0.1, 0.15) is 18.4 Å². The van der Waals surface area contributed by atoms with E-state index in [1.54, 1.807) is 37.6 Å². The fourth-order valence-electron chi connectivity index (χ4n) is 2.77. The lowest BCUT2D eigenvalue weighted by molar-refractivity contribution is -0.123. The average molecular weight is 403 g/mol. The third kappa shape index (κ3) is 5.97. The monoisotopic (exact) mass is 402 g/mol. The molecule has 1 amide bonds. The number of aliphatic imine (C=N–C) groups is 1. The number of ether oxygens (including phenoxy) is 3. The van der Waals surface area contributed by atoms with Gasteiger partial charge >= 0.3 is 0 Å². The molecule has 1 atom stereocenters. The molecule has 0 spiro atoms. The van der Waals surface area contributed by atoms with Gasteiger partial charge in [-0.3, -0.25) is 9.79 Å². The molecule has 0 unspecified atom stereocenters. The van der Waals surface area contributed by atoms with Crippen LogP contribution in [0.4, 0.5) is 5.69 Å². The van der Waals surface area contributed by atoms with E-state index >= 15 is 0 Å². The van der Waals surface area contributed by atoms with E-state index < -0.39 is 0 Å². The van der Waals surface area contributed by atoms with Crippen LogP contribution < -0.4 is 14.8 Å². The topological polar surface area (TPSA) is 69.2 Å². The Labute approximate surface area is 169 Å². The molecule has 1 heterocycles. The molecule has 2 aromatic rings. The predicted octanol–water partition coefficient (Wildman–Crippen LogP) is 3.77. The third-order valence-electron chi connectivity index (χ3n) is 4.30. The second-order valence-electron chi connectivity index (χ2n) is 6.37. The van der Waals surface area contributed by atoms with Crippen molar-refractivity contribution in [3.63, 3.8) is 0 Å².